The largest absolute Gasteiger partial charge is 0.496 e. The maximum absolute atomic E-state index is 12.9. The van der Waals surface area contributed by atoms with Gasteiger partial charge in [0.2, 0.25) is 5.91 Å². The van der Waals surface area contributed by atoms with E-state index in [1.807, 2.05) is 48.2 Å². The molecule has 2 aromatic carbocycles. The lowest BCUT2D eigenvalue weighted by Gasteiger charge is -2.27. The van der Waals surface area contributed by atoms with Crippen molar-refractivity contribution in [2.75, 3.05) is 14.2 Å². The lowest BCUT2D eigenvalue weighted by Crippen LogP contribution is -2.29. The number of nitrogens with zero attached hydrogens (tertiary/aromatic N) is 1. The van der Waals surface area contributed by atoms with Crippen molar-refractivity contribution in [2.45, 2.75) is 25.9 Å². The Morgan fingerprint density at radius 1 is 1.07 bits per heavy atom. The van der Waals surface area contributed by atoms with Gasteiger partial charge in [-0.1, -0.05) is 31.2 Å². The van der Waals surface area contributed by atoms with E-state index in [1.165, 1.54) is 0 Å². The maximum Gasteiger partial charge on any atom is 0.226 e. The van der Waals surface area contributed by atoms with E-state index in [2.05, 4.69) is 17.1 Å². The summed E-state index contributed by atoms with van der Waals surface area (Å²) >= 11 is 0. The molecule has 1 aliphatic rings. The van der Waals surface area contributed by atoms with E-state index in [4.69, 9.17) is 9.47 Å². The minimum Gasteiger partial charge on any atom is -0.496 e. The van der Waals surface area contributed by atoms with Gasteiger partial charge in [0, 0.05) is 17.1 Å². The number of para-hydroxylation sites is 1. The molecule has 140 valence electrons. The Balaban J connectivity index is 1.73. The van der Waals surface area contributed by atoms with Crippen molar-refractivity contribution < 1.29 is 14.3 Å². The van der Waals surface area contributed by atoms with Crippen LogP contribution in [0.5, 0.6) is 11.5 Å². The van der Waals surface area contributed by atoms with E-state index in [9.17, 15) is 4.79 Å². The number of aromatic amines is 1. The molecule has 1 aromatic heterocycles. The highest BCUT2D eigenvalue weighted by Crippen LogP contribution is 2.45. The van der Waals surface area contributed by atoms with Crippen LogP contribution in [0.4, 0.5) is 0 Å². The summed E-state index contributed by atoms with van der Waals surface area (Å²) in [6.07, 6.45) is 0.746. The van der Waals surface area contributed by atoms with E-state index in [0.717, 1.165) is 40.1 Å². The Morgan fingerprint density at radius 2 is 1.78 bits per heavy atom. The molecule has 0 bridgehead atoms. The molecule has 0 saturated carbocycles. The number of amides is 1. The van der Waals surface area contributed by atoms with E-state index >= 15 is 0 Å². The van der Waals surface area contributed by atoms with E-state index < -0.39 is 0 Å². The summed E-state index contributed by atoms with van der Waals surface area (Å²) in [7, 11) is 3.31. The van der Waals surface area contributed by atoms with Crippen LogP contribution in [-0.4, -0.2) is 30.0 Å². The van der Waals surface area contributed by atoms with Crippen molar-refractivity contribution >= 4 is 16.8 Å². The third kappa shape index (κ3) is 3.03. The summed E-state index contributed by atoms with van der Waals surface area (Å²) < 4.78 is 11.2. The molecule has 0 spiro atoms. The first-order valence-electron chi connectivity index (χ1n) is 9.20. The Morgan fingerprint density at radius 3 is 2.44 bits per heavy atom. The highest BCUT2D eigenvalue weighted by atomic mass is 16.5. The third-order valence-corrected chi connectivity index (χ3v) is 5.38. The van der Waals surface area contributed by atoms with Gasteiger partial charge in [0.05, 0.1) is 32.4 Å². The van der Waals surface area contributed by atoms with E-state index in [-0.39, 0.29) is 17.9 Å². The number of fused-ring (bicyclic) bond motifs is 1. The van der Waals surface area contributed by atoms with Crippen molar-refractivity contribution in [3.63, 3.8) is 0 Å². The van der Waals surface area contributed by atoms with Crippen LogP contribution in [0.1, 0.15) is 30.6 Å². The summed E-state index contributed by atoms with van der Waals surface area (Å²) in [5.41, 5.74) is 3.05. The fraction of sp³-hybridized carbons (Fsp3) is 0.318. The lowest BCUT2D eigenvalue weighted by molar-refractivity contribution is -0.132. The summed E-state index contributed by atoms with van der Waals surface area (Å²) in [6.45, 7) is 2.52. The monoisotopic (exact) mass is 364 g/mol. The van der Waals surface area contributed by atoms with Gasteiger partial charge in [0.25, 0.3) is 0 Å². The molecular weight excluding hydrogens is 340 g/mol. The number of nitrogens with one attached hydrogen (secondary N) is 1. The van der Waals surface area contributed by atoms with Crippen LogP contribution in [0.3, 0.4) is 0 Å². The number of hydrogen-bond acceptors (Lipinski definition) is 3. The molecule has 5 heteroatoms. The molecule has 0 radical (unpaired) electrons. The number of rotatable bonds is 5. The second-order valence-corrected chi connectivity index (χ2v) is 7.08. The molecule has 3 aromatic rings. The average molecular weight is 364 g/mol. The first-order valence-corrected chi connectivity index (χ1v) is 9.20. The fourth-order valence-electron chi connectivity index (χ4n) is 4.07. The summed E-state index contributed by atoms with van der Waals surface area (Å²) in [5.74, 6) is 1.63. The number of H-pyrrole nitrogens is 1. The molecule has 2 atom stereocenters. The standard InChI is InChI=1S/C22H24N2O3/c1-14-11-18(21-19(26-2)9-6-10-20(21)27-3)24(22(14)25)13-16-12-15-7-4-5-8-17(15)23-16/h4-10,12,14,18,23H,11,13H2,1-3H3. The molecule has 5 nitrogen and oxygen atoms in total. The van der Waals surface area contributed by atoms with Gasteiger partial charge in [-0.2, -0.15) is 0 Å². The quantitative estimate of drug-likeness (QED) is 0.735. The molecule has 1 aliphatic heterocycles. The SMILES string of the molecule is COc1cccc(OC)c1C1CC(C)C(=O)N1Cc1cc2ccccc2[nH]1. The molecule has 2 unspecified atom stereocenters. The van der Waals surface area contributed by atoms with Crippen LogP contribution in [0.25, 0.3) is 10.9 Å². The van der Waals surface area contributed by atoms with Crippen LogP contribution in [-0.2, 0) is 11.3 Å². The predicted octanol–water partition coefficient (Wildman–Crippen LogP) is 4.29. The molecule has 4 rings (SSSR count). The number of carbonyl (C=O) groups excluding carboxylic acids is 1. The zero-order valence-corrected chi connectivity index (χ0v) is 15.9. The molecule has 1 saturated heterocycles. The van der Waals surface area contributed by atoms with Gasteiger partial charge in [0.1, 0.15) is 11.5 Å². The Labute approximate surface area is 158 Å². The van der Waals surface area contributed by atoms with Gasteiger partial charge < -0.3 is 19.4 Å². The predicted molar refractivity (Wildman–Crippen MR) is 105 cm³/mol. The normalized spacial score (nSPS) is 19.7. The van der Waals surface area contributed by atoms with Crippen molar-refractivity contribution in [3.05, 3.63) is 59.8 Å². The number of aromatic nitrogens is 1. The molecule has 27 heavy (non-hydrogen) atoms. The van der Waals surface area contributed by atoms with Crippen molar-refractivity contribution in [1.29, 1.82) is 0 Å². The number of benzene rings is 2. The second-order valence-electron chi connectivity index (χ2n) is 7.08. The molecule has 1 amide bonds. The Bertz CT molecular complexity index is 923. The Hall–Kier alpha value is -2.95. The fourth-order valence-corrected chi connectivity index (χ4v) is 4.07. The zero-order chi connectivity index (χ0) is 19.0. The molecule has 2 heterocycles. The first kappa shape index (κ1) is 17.5. The van der Waals surface area contributed by atoms with E-state index in [0.29, 0.717) is 6.54 Å². The first-order chi connectivity index (χ1) is 13.1. The van der Waals surface area contributed by atoms with Gasteiger partial charge in [0.15, 0.2) is 0 Å². The van der Waals surface area contributed by atoms with Crippen LogP contribution < -0.4 is 9.47 Å². The van der Waals surface area contributed by atoms with E-state index in [1.54, 1.807) is 14.2 Å². The average Bonchev–Trinajstić information content (AvgIpc) is 3.22. The summed E-state index contributed by atoms with van der Waals surface area (Å²) in [6, 6.07) is 15.9. The number of carbonyl (C=O) groups is 1. The maximum atomic E-state index is 12.9. The van der Waals surface area contributed by atoms with Gasteiger partial charge >= 0.3 is 0 Å². The van der Waals surface area contributed by atoms with Crippen LogP contribution in [0.2, 0.25) is 0 Å². The second kappa shape index (κ2) is 6.99. The van der Waals surface area contributed by atoms with Crippen LogP contribution >= 0.6 is 0 Å². The summed E-state index contributed by atoms with van der Waals surface area (Å²) in [4.78, 5) is 18.3. The van der Waals surface area contributed by atoms with Gasteiger partial charge in [-0.15, -0.1) is 0 Å². The highest BCUT2D eigenvalue weighted by Gasteiger charge is 2.40. The smallest absolute Gasteiger partial charge is 0.226 e. The third-order valence-electron chi connectivity index (χ3n) is 5.38. The van der Waals surface area contributed by atoms with Crippen LogP contribution in [0.15, 0.2) is 48.5 Å². The van der Waals surface area contributed by atoms with Crippen LogP contribution in [0, 0.1) is 5.92 Å². The van der Waals surface area contributed by atoms with Crippen molar-refractivity contribution in [1.82, 2.24) is 9.88 Å². The highest BCUT2D eigenvalue weighted by molar-refractivity contribution is 5.83. The number of methoxy groups -OCH3 is 2. The van der Waals surface area contributed by atoms with Crippen molar-refractivity contribution in [3.8, 4) is 11.5 Å². The Kier molecular flexibility index (Phi) is 4.52. The van der Waals surface area contributed by atoms with Crippen molar-refractivity contribution in [2.24, 2.45) is 5.92 Å². The zero-order valence-electron chi connectivity index (χ0n) is 15.9. The van der Waals surface area contributed by atoms with Gasteiger partial charge in [-0.3, -0.25) is 4.79 Å². The lowest BCUT2D eigenvalue weighted by atomic mass is 9.98. The molecule has 1 fully saturated rings. The number of hydrogen-bond donors (Lipinski definition) is 1. The molecular formula is C22H24N2O3. The minimum absolute atomic E-state index is 0.0333. The minimum atomic E-state index is -0.0787. The molecule has 0 aliphatic carbocycles. The topological polar surface area (TPSA) is 54.6 Å². The van der Waals surface area contributed by atoms with Gasteiger partial charge in [-0.25, -0.2) is 0 Å². The summed E-state index contributed by atoms with van der Waals surface area (Å²) in [5, 5.41) is 1.15. The number of ether oxygens (including phenoxy) is 2. The van der Waals surface area contributed by atoms with Gasteiger partial charge in [-0.05, 0) is 36.1 Å². The number of likely N-dealkylation sites (tertiary alicyclic amines) is 1. The molecule has 1 N–H and O–H groups in total.